The van der Waals surface area contributed by atoms with Gasteiger partial charge in [-0.3, -0.25) is 4.79 Å². The van der Waals surface area contributed by atoms with E-state index < -0.39 is 0 Å². The quantitative estimate of drug-likeness (QED) is 0.590. The number of Topliss-reactive ketones (excluding diaryl/α,β-unsaturated/α-hetero) is 1. The van der Waals surface area contributed by atoms with Gasteiger partial charge in [0.2, 0.25) is 0 Å². The Morgan fingerprint density at radius 2 is 2.07 bits per heavy atom. The van der Waals surface area contributed by atoms with Crippen LogP contribution in [0.3, 0.4) is 0 Å². The summed E-state index contributed by atoms with van der Waals surface area (Å²) < 4.78 is 0. The molecule has 0 fully saturated rings. The number of carbonyl (C=O) groups excluding carboxylic acids is 1. The number of allylic oxidation sites excluding steroid dienone is 1. The van der Waals surface area contributed by atoms with Crippen molar-refractivity contribution >= 4 is 11.5 Å². The first-order chi connectivity index (χ1) is 7.13. The van der Waals surface area contributed by atoms with Crippen molar-refractivity contribution in [1.82, 2.24) is 0 Å². The monoisotopic (exact) mass is 203 g/mol. The van der Waals surface area contributed by atoms with Gasteiger partial charge in [-0.05, 0) is 23.6 Å². The lowest BCUT2D eigenvalue weighted by Crippen LogP contribution is -2.03. The third kappa shape index (κ3) is 3.58. The van der Waals surface area contributed by atoms with Gasteiger partial charge in [-0.1, -0.05) is 25.1 Å². The minimum Gasteiger partial charge on any atom is -0.399 e. The number of carbonyl (C=O) groups is 1. The van der Waals surface area contributed by atoms with Crippen LogP contribution in [0.4, 0.5) is 5.69 Å². The van der Waals surface area contributed by atoms with Gasteiger partial charge >= 0.3 is 0 Å². The van der Waals surface area contributed by atoms with E-state index in [0.717, 1.165) is 11.3 Å². The molecule has 0 aliphatic carbocycles. The molecule has 0 amide bonds. The largest absolute Gasteiger partial charge is 0.399 e. The lowest BCUT2D eigenvalue weighted by molar-refractivity contribution is -0.118. The predicted octanol–water partition coefficient (Wildman–Crippen LogP) is 2.91. The molecule has 0 aliphatic heterocycles. The summed E-state index contributed by atoms with van der Waals surface area (Å²) in [5.41, 5.74) is 7.50. The second-order valence-corrected chi connectivity index (χ2v) is 3.80. The average molecular weight is 203 g/mol. The van der Waals surface area contributed by atoms with Crippen molar-refractivity contribution in [2.24, 2.45) is 0 Å². The summed E-state index contributed by atoms with van der Waals surface area (Å²) in [5.74, 6) is 0.479. The van der Waals surface area contributed by atoms with E-state index in [4.69, 9.17) is 5.73 Å². The first-order valence-corrected chi connectivity index (χ1v) is 5.11. The molecule has 2 N–H and O–H groups in total. The van der Waals surface area contributed by atoms with Crippen LogP contribution in [-0.4, -0.2) is 5.78 Å². The van der Waals surface area contributed by atoms with E-state index in [2.05, 4.69) is 6.58 Å². The Labute approximate surface area is 90.8 Å². The van der Waals surface area contributed by atoms with Gasteiger partial charge in [0.1, 0.15) is 5.78 Å². The van der Waals surface area contributed by atoms with Crippen LogP contribution >= 0.6 is 0 Å². The SMILES string of the molecule is C=CCC(=O)CC(C)c1ccc(N)cc1. The maximum Gasteiger partial charge on any atom is 0.137 e. The fourth-order valence-corrected chi connectivity index (χ4v) is 1.53. The molecule has 1 rings (SSSR count). The highest BCUT2D eigenvalue weighted by Crippen LogP contribution is 2.20. The number of ketones is 1. The zero-order valence-corrected chi connectivity index (χ0v) is 9.07. The molecule has 0 radical (unpaired) electrons. The van der Waals surface area contributed by atoms with Crippen LogP contribution < -0.4 is 5.73 Å². The molecule has 0 bridgehead atoms. The summed E-state index contributed by atoms with van der Waals surface area (Å²) in [4.78, 5) is 11.4. The second kappa shape index (κ2) is 5.35. The van der Waals surface area contributed by atoms with E-state index in [1.807, 2.05) is 31.2 Å². The Bertz CT molecular complexity index is 340. The summed E-state index contributed by atoms with van der Waals surface area (Å²) in [6.45, 7) is 5.60. The van der Waals surface area contributed by atoms with Crippen LogP contribution in [0.5, 0.6) is 0 Å². The molecular formula is C13H17NO. The van der Waals surface area contributed by atoms with E-state index in [1.54, 1.807) is 6.08 Å². The van der Waals surface area contributed by atoms with Crippen molar-refractivity contribution in [2.45, 2.75) is 25.7 Å². The maximum absolute atomic E-state index is 11.4. The van der Waals surface area contributed by atoms with Gasteiger partial charge in [-0.15, -0.1) is 6.58 Å². The summed E-state index contributed by atoms with van der Waals surface area (Å²) in [6.07, 6.45) is 2.67. The molecule has 0 aliphatic rings. The Morgan fingerprint density at radius 1 is 1.47 bits per heavy atom. The Morgan fingerprint density at radius 3 is 2.60 bits per heavy atom. The first kappa shape index (κ1) is 11.5. The van der Waals surface area contributed by atoms with Crippen molar-refractivity contribution in [3.63, 3.8) is 0 Å². The highest BCUT2D eigenvalue weighted by atomic mass is 16.1. The molecule has 80 valence electrons. The molecule has 0 heterocycles. The summed E-state index contributed by atoms with van der Waals surface area (Å²) in [5, 5.41) is 0. The number of nitrogens with two attached hydrogens (primary N) is 1. The normalized spacial score (nSPS) is 12.1. The zero-order valence-electron chi connectivity index (χ0n) is 9.07. The van der Waals surface area contributed by atoms with Gasteiger partial charge in [0.05, 0.1) is 0 Å². The van der Waals surface area contributed by atoms with Gasteiger partial charge < -0.3 is 5.73 Å². The standard InChI is InChI=1S/C13H17NO/c1-3-4-13(15)9-10(2)11-5-7-12(14)8-6-11/h3,5-8,10H,1,4,9,14H2,2H3. The Balaban J connectivity index is 2.60. The van der Waals surface area contributed by atoms with Crippen LogP contribution in [0.15, 0.2) is 36.9 Å². The van der Waals surface area contributed by atoms with Crippen LogP contribution in [0, 0.1) is 0 Å². The van der Waals surface area contributed by atoms with Crippen LogP contribution in [0.25, 0.3) is 0 Å². The molecular weight excluding hydrogens is 186 g/mol. The Hall–Kier alpha value is -1.57. The van der Waals surface area contributed by atoms with Crippen molar-refractivity contribution < 1.29 is 4.79 Å². The van der Waals surface area contributed by atoms with Gasteiger partial charge in [0, 0.05) is 18.5 Å². The zero-order chi connectivity index (χ0) is 11.3. The van der Waals surface area contributed by atoms with Crippen LogP contribution in [-0.2, 0) is 4.79 Å². The predicted molar refractivity (Wildman–Crippen MR) is 63.7 cm³/mol. The van der Waals surface area contributed by atoms with E-state index in [0.29, 0.717) is 12.8 Å². The molecule has 0 aromatic heterocycles. The van der Waals surface area contributed by atoms with E-state index in [1.165, 1.54) is 0 Å². The first-order valence-electron chi connectivity index (χ1n) is 5.11. The highest BCUT2D eigenvalue weighted by Gasteiger charge is 2.09. The van der Waals surface area contributed by atoms with E-state index in [-0.39, 0.29) is 11.7 Å². The minimum absolute atomic E-state index is 0.231. The minimum atomic E-state index is 0.231. The molecule has 0 spiro atoms. The van der Waals surface area contributed by atoms with Crippen molar-refractivity contribution in [3.8, 4) is 0 Å². The van der Waals surface area contributed by atoms with Crippen LogP contribution in [0.1, 0.15) is 31.2 Å². The molecule has 1 unspecified atom stereocenters. The summed E-state index contributed by atoms with van der Waals surface area (Å²) in [7, 11) is 0. The number of nitrogen functional groups attached to an aromatic ring is 1. The molecule has 2 heteroatoms. The lowest BCUT2D eigenvalue weighted by Gasteiger charge is -2.10. The lowest BCUT2D eigenvalue weighted by atomic mass is 9.95. The Kier molecular flexibility index (Phi) is 4.10. The molecule has 15 heavy (non-hydrogen) atoms. The summed E-state index contributed by atoms with van der Waals surface area (Å²) in [6, 6.07) is 7.68. The van der Waals surface area contributed by atoms with Gasteiger partial charge in [-0.25, -0.2) is 0 Å². The fraction of sp³-hybridized carbons (Fsp3) is 0.308. The number of rotatable bonds is 5. The molecule has 0 saturated carbocycles. The number of anilines is 1. The van der Waals surface area contributed by atoms with Crippen LogP contribution in [0.2, 0.25) is 0 Å². The average Bonchev–Trinajstić information content (AvgIpc) is 2.18. The van der Waals surface area contributed by atoms with Gasteiger partial charge in [-0.2, -0.15) is 0 Å². The van der Waals surface area contributed by atoms with Crippen molar-refractivity contribution in [2.75, 3.05) is 5.73 Å². The van der Waals surface area contributed by atoms with Gasteiger partial charge in [0.25, 0.3) is 0 Å². The second-order valence-electron chi connectivity index (χ2n) is 3.80. The third-order valence-corrected chi connectivity index (χ3v) is 2.41. The topological polar surface area (TPSA) is 43.1 Å². The van der Waals surface area contributed by atoms with E-state index in [9.17, 15) is 4.79 Å². The number of hydrogen-bond donors (Lipinski definition) is 1. The fourth-order valence-electron chi connectivity index (χ4n) is 1.53. The number of hydrogen-bond acceptors (Lipinski definition) is 2. The molecule has 1 aromatic carbocycles. The van der Waals surface area contributed by atoms with E-state index >= 15 is 0 Å². The third-order valence-electron chi connectivity index (χ3n) is 2.41. The highest BCUT2D eigenvalue weighted by molar-refractivity contribution is 5.80. The molecule has 0 saturated heterocycles. The maximum atomic E-state index is 11.4. The molecule has 2 nitrogen and oxygen atoms in total. The molecule has 1 atom stereocenters. The smallest absolute Gasteiger partial charge is 0.137 e. The molecule has 1 aromatic rings. The summed E-state index contributed by atoms with van der Waals surface area (Å²) >= 11 is 0. The number of benzene rings is 1. The van der Waals surface area contributed by atoms with Crippen molar-refractivity contribution in [1.29, 1.82) is 0 Å². The van der Waals surface area contributed by atoms with Crippen molar-refractivity contribution in [3.05, 3.63) is 42.5 Å². The van der Waals surface area contributed by atoms with Gasteiger partial charge in [0.15, 0.2) is 0 Å².